The summed E-state index contributed by atoms with van der Waals surface area (Å²) in [6, 6.07) is 3.86. The molecule has 0 atom stereocenters. The minimum Gasteiger partial charge on any atom is -0.398 e. The molecular formula is C8H7FN4O. The van der Waals surface area contributed by atoms with Crippen molar-refractivity contribution in [3.05, 3.63) is 34.5 Å². The minimum atomic E-state index is -0.455. The Bertz CT molecular complexity index is 516. The van der Waals surface area contributed by atoms with Crippen molar-refractivity contribution < 1.29 is 4.39 Å². The molecule has 0 bridgehead atoms. The standard InChI is InChI=1S/C8H7FN4O/c9-4-1-2-6(10)5(3-4)7-11-8(14)13-12-7/h1-3H,10H2,(H2,11,12,13,14). The molecule has 2 rings (SSSR count). The van der Waals surface area contributed by atoms with E-state index in [1.165, 1.54) is 18.2 Å². The quantitative estimate of drug-likeness (QED) is 0.577. The second-order valence-corrected chi connectivity index (χ2v) is 2.76. The van der Waals surface area contributed by atoms with E-state index in [1.54, 1.807) is 0 Å². The number of nitrogens with zero attached hydrogens (tertiary/aromatic N) is 1. The first-order valence-corrected chi connectivity index (χ1v) is 3.87. The topological polar surface area (TPSA) is 87.6 Å². The third-order valence-electron chi connectivity index (χ3n) is 1.77. The number of hydrogen-bond donors (Lipinski definition) is 3. The summed E-state index contributed by atoms with van der Waals surface area (Å²) >= 11 is 0. The molecule has 1 aromatic heterocycles. The van der Waals surface area contributed by atoms with Crippen LogP contribution in [0.25, 0.3) is 11.4 Å². The second-order valence-electron chi connectivity index (χ2n) is 2.76. The highest BCUT2D eigenvalue weighted by Gasteiger charge is 2.07. The third-order valence-corrected chi connectivity index (χ3v) is 1.77. The van der Waals surface area contributed by atoms with Crippen molar-refractivity contribution in [2.24, 2.45) is 0 Å². The molecule has 4 N–H and O–H groups in total. The first kappa shape index (κ1) is 8.49. The average molecular weight is 194 g/mol. The van der Waals surface area contributed by atoms with Gasteiger partial charge in [-0.25, -0.2) is 14.3 Å². The molecule has 72 valence electrons. The molecule has 14 heavy (non-hydrogen) atoms. The fourth-order valence-corrected chi connectivity index (χ4v) is 1.13. The van der Waals surface area contributed by atoms with Gasteiger partial charge in [0, 0.05) is 11.3 Å². The molecular weight excluding hydrogens is 187 g/mol. The molecule has 0 aliphatic heterocycles. The van der Waals surface area contributed by atoms with Gasteiger partial charge in [0.2, 0.25) is 0 Å². The Labute approximate surface area is 77.8 Å². The Morgan fingerprint density at radius 2 is 2.21 bits per heavy atom. The monoisotopic (exact) mass is 194 g/mol. The van der Waals surface area contributed by atoms with Gasteiger partial charge in [-0.1, -0.05) is 0 Å². The number of nitrogen functional groups attached to an aromatic ring is 1. The maximum atomic E-state index is 12.9. The zero-order chi connectivity index (χ0) is 10.1. The van der Waals surface area contributed by atoms with Crippen LogP contribution in [-0.4, -0.2) is 15.2 Å². The molecule has 0 unspecified atom stereocenters. The molecule has 0 saturated heterocycles. The maximum absolute atomic E-state index is 12.9. The predicted octanol–water partition coefficient (Wildman–Crippen LogP) is 0.486. The number of halogens is 1. The van der Waals surface area contributed by atoms with Crippen LogP contribution in [0.5, 0.6) is 0 Å². The van der Waals surface area contributed by atoms with E-state index in [0.29, 0.717) is 11.3 Å². The molecule has 0 spiro atoms. The van der Waals surface area contributed by atoms with Crippen LogP contribution >= 0.6 is 0 Å². The van der Waals surface area contributed by atoms with E-state index in [4.69, 9.17) is 5.73 Å². The predicted molar refractivity (Wildman–Crippen MR) is 49.0 cm³/mol. The van der Waals surface area contributed by atoms with E-state index >= 15 is 0 Å². The van der Waals surface area contributed by atoms with E-state index in [2.05, 4.69) is 15.2 Å². The summed E-state index contributed by atoms with van der Waals surface area (Å²) in [6.45, 7) is 0. The first-order chi connectivity index (χ1) is 6.66. The smallest absolute Gasteiger partial charge is 0.340 e. The van der Waals surface area contributed by atoms with Gasteiger partial charge in [0.1, 0.15) is 5.82 Å². The Balaban J connectivity index is 2.61. The molecule has 2 aromatic rings. The maximum Gasteiger partial charge on any atom is 0.340 e. The lowest BCUT2D eigenvalue weighted by Gasteiger charge is -2.00. The van der Waals surface area contributed by atoms with Crippen molar-refractivity contribution in [1.82, 2.24) is 15.2 Å². The van der Waals surface area contributed by atoms with Crippen molar-refractivity contribution in [2.45, 2.75) is 0 Å². The Hall–Kier alpha value is -2.11. The summed E-state index contributed by atoms with van der Waals surface area (Å²) < 4.78 is 12.9. The summed E-state index contributed by atoms with van der Waals surface area (Å²) in [5, 5.41) is 5.82. The number of benzene rings is 1. The highest BCUT2D eigenvalue weighted by Crippen LogP contribution is 2.21. The minimum absolute atomic E-state index is 0.229. The lowest BCUT2D eigenvalue weighted by molar-refractivity contribution is 0.628. The summed E-state index contributed by atoms with van der Waals surface area (Å²) in [4.78, 5) is 13.1. The summed E-state index contributed by atoms with van der Waals surface area (Å²) in [7, 11) is 0. The van der Waals surface area contributed by atoms with Crippen LogP contribution < -0.4 is 11.4 Å². The Kier molecular flexibility index (Phi) is 1.81. The molecule has 0 radical (unpaired) electrons. The first-order valence-electron chi connectivity index (χ1n) is 3.87. The molecule has 5 nitrogen and oxygen atoms in total. The molecule has 0 aliphatic rings. The van der Waals surface area contributed by atoms with Crippen LogP contribution in [0, 0.1) is 5.82 Å². The fourth-order valence-electron chi connectivity index (χ4n) is 1.13. The molecule has 6 heteroatoms. The van der Waals surface area contributed by atoms with Gasteiger partial charge in [-0.3, -0.25) is 4.98 Å². The number of aromatic nitrogens is 3. The zero-order valence-corrected chi connectivity index (χ0v) is 7.04. The van der Waals surface area contributed by atoms with Gasteiger partial charge in [0.25, 0.3) is 0 Å². The molecule has 0 aliphatic carbocycles. The van der Waals surface area contributed by atoms with E-state index in [-0.39, 0.29) is 5.82 Å². The van der Waals surface area contributed by atoms with Crippen molar-refractivity contribution in [2.75, 3.05) is 5.73 Å². The van der Waals surface area contributed by atoms with Gasteiger partial charge < -0.3 is 5.73 Å². The van der Waals surface area contributed by atoms with Crippen molar-refractivity contribution in [3.63, 3.8) is 0 Å². The molecule has 0 saturated carbocycles. The van der Waals surface area contributed by atoms with Gasteiger partial charge in [-0.05, 0) is 18.2 Å². The Morgan fingerprint density at radius 3 is 2.86 bits per heavy atom. The van der Waals surface area contributed by atoms with Crippen LogP contribution in [0.3, 0.4) is 0 Å². The summed E-state index contributed by atoms with van der Waals surface area (Å²) in [5.74, 6) is -0.204. The van der Waals surface area contributed by atoms with Gasteiger partial charge in [0.05, 0.1) is 0 Å². The normalized spacial score (nSPS) is 10.4. The second kappa shape index (κ2) is 2.99. The van der Waals surface area contributed by atoms with E-state index in [9.17, 15) is 9.18 Å². The van der Waals surface area contributed by atoms with Gasteiger partial charge in [0.15, 0.2) is 5.82 Å². The molecule has 0 fully saturated rings. The molecule has 1 heterocycles. The number of H-pyrrole nitrogens is 2. The fraction of sp³-hybridized carbons (Fsp3) is 0. The number of aromatic amines is 2. The van der Waals surface area contributed by atoms with Crippen LogP contribution in [0.4, 0.5) is 10.1 Å². The van der Waals surface area contributed by atoms with Crippen LogP contribution in [0.15, 0.2) is 23.0 Å². The summed E-state index contributed by atoms with van der Waals surface area (Å²) in [5.41, 5.74) is 5.85. The van der Waals surface area contributed by atoms with E-state index in [1.807, 2.05) is 0 Å². The summed E-state index contributed by atoms with van der Waals surface area (Å²) in [6.07, 6.45) is 0. The largest absolute Gasteiger partial charge is 0.398 e. The van der Waals surface area contributed by atoms with Crippen molar-refractivity contribution >= 4 is 5.69 Å². The third kappa shape index (κ3) is 1.37. The van der Waals surface area contributed by atoms with Gasteiger partial charge in [-0.15, -0.1) is 0 Å². The Morgan fingerprint density at radius 1 is 1.43 bits per heavy atom. The van der Waals surface area contributed by atoms with Gasteiger partial charge in [-0.2, -0.15) is 5.10 Å². The van der Waals surface area contributed by atoms with Crippen LogP contribution in [0.2, 0.25) is 0 Å². The van der Waals surface area contributed by atoms with Crippen LogP contribution in [0.1, 0.15) is 0 Å². The number of nitrogens with one attached hydrogen (secondary N) is 2. The highest BCUT2D eigenvalue weighted by atomic mass is 19.1. The van der Waals surface area contributed by atoms with E-state index in [0.717, 1.165) is 0 Å². The van der Waals surface area contributed by atoms with Crippen molar-refractivity contribution in [1.29, 1.82) is 0 Å². The highest BCUT2D eigenvalue weighted by molar-refractivity contribution is 5.70. The van der Waals surface area contributed by atoms with Crippen LogP contribution in [-0.2, 0) is 0 Å². The number of hydrogen-bond acceptors (Lipinski definition) is 3. The molecule has 1 aromatic carbocycles. The number of nitrogens with two attached hydrogens (primary N) is 1. The van der Waals surface area contributed by atoms with Gasteiger partial charge >= 0.3 is 5.69 Å². The lowest BCUT2D eigenvalue weighted by Crippen LogP contribution is -2.00. The lowest BCUT2D eigenvalue weighted by atomic mass is 10.1. The number of rotatable bonds is 1. The van der Waals surface area contributed by atoms with E-state index < -0.39 is 11.5 Å². The number of anilines is 1. The molecule has 0 amide bonds. The van der Waals surface area contributed by atoms with Crippen molar-refractivity contribution in [3.8, 4) is 11.4 Å². The zero-order valence-electron chi connectivity index (χ0n) is 7.04. The SMILES string of the molecule is Nc1ccc(F)cc1-c1n[nH]c(=O)[nH]1. The average Bonchev–Trinajstić information content (AvgIpc) is 2.56.